The van der Waals surface area contributed by atoms with Crippen LogP contribution in [0.1, 0.15) is 51.4 Å². The molecule has 2 aliphatic rings. The van der Waals surface area contributed by atoms with Crippen molar-refractivity contribution in [3.8, 4) is 0 Å². The first-order chi connectivity index (χ1) is 15.3. The van der Waals surface area contributed by atoms with Gasteiger partial charge in [0.25, 0.3) is 0 Å². The van der Waals surface area contributed by atoms with Gasteiger partial charge in [0.15, 0.2) is 0 Å². The van der Waals surface area contributed by atoms with Gasteiger partial charge in [0.1, 0.15) is 0 Å². The van der Waals surface area contributed by atoms with E-state index in [0.29, 0.717) is 0 Å². The smallest absolute Gasteiger partial charge is 3.00 e. The van der Waals surface area contributed by atoms with Crippen molar-refractivity contribution in [2.45, 2.75) is 51.4 Å². The Morgan fingerprint density at radius 1 is 0.237 bits per heavy atom. The molecule has 0 radical (unpaired) electrons. The third kappa shape index (κ3) is 175. The predicted octanol–water partition coefficient (Wildman–Crippen LogP) is 15.5. The maximum atomic E-state index is 9.87. The quantitative estimate of drug-likeness (QED) is 0.100. The van der Waals surface area contributed by atoms with Crippen molar-refractivity contribution in [1.82, 2.24) is 0 Å². The first kappa shape index (κ1) is 44.6. The molecule has 38 heavy (non-hydrogen) atoms. The molecule has 2 aliphatic carbocycles. The summed E-state index contributed by atoms with van der Waals surface area (Å²) in [6.07, 6.45) is 28.0. The van der Waals surface area contributed by atoms with E-state index in [1.807, 2.05) is 0 Å². The van der Waals surface area contributed by atoms with Crippen molar-refractivity contribution < 1.29 is 95.0 Å². The Balaban J connectivity index is -0.000000189. The number of rotatable bonds is 0. The maximum Gasteiger partial charge on any atom is 3.00 e. The van der Waals surface area contributed by atoms with E-state index in [9.17, 15) is 75.5 Å². The minimum absolute atomic E-state index is 0. The fraction of sp³-hybridized carbons (Fsp3) is 0.500. The molecule has 0 atom stereocenters. The molecule has 238 valence electrons. The van der Waals surface area contributed by atoms with Crippen LogP contribution in [-0.4, -0.2) is 0 Å². The van der Waals surface area contributed by atoms with Gasteiger partial charge < -0.3 is 0 Å². The van der Waals surface area contributed by atoms with E-state index in [4.69, 9.17) is 0 Å². The molecule has 0 spiro atoms. The predicted molar refractivity (Wildman–Crippen MR) is 114 cm³/mol. The van der Waals surface area contributed by atoms with E-state index < -0.39 is 23.4 Å². The van der Waals surface area contributed by atoms with Crippen LogP contribution in [-0.2, 0) is 19.5 Å². The summed E-state index contributed by atoms with van der Waals surface area (Å²) in [5.74, 6) is 0. The molecule has 0 aliphatic heterocycles. The molecule has 0 saturated carbocycles. The van der Waals surface area contributed by atoms with Crippen LogP contribution in [0.2, 0.25) is 0 Å². The largest absolute Gasteiger partial charge is 3.00 e. The molecule has 22 heteroatoms. The van der Waals surface area contributed by atoms with E-state index in [1.54, 1.807) is 0 Å². The zero-order chi connectivity index (χ0) is 30.5. The van der Waals surface area contributed by atoms with Gasteiger partial charge in [-0.15, -0.1) is 0 Å². The summed E-state index contributed by atoms with van der Waals surface area (Å²) < 4.78 is 178. The van der Waals surface area contributed by atoms with E-state index in [2.05, 4.69) is 48.6 Å². The van der Waals surface area contributed by atoms with Crippen molar-refractivity contribution in [3.05, 3.63) is 48.6 Å². The third-order valence-corrected chi connectivity index (χ3v) is 2.67. The van der Waals surface area contributed by atoms with Crippen LogP contribution in [0.15, 0.2) is 48.6 Å². The number of hydrogen-bond donors (Lipinski definition) is 0. The number of halogens is 18. The average Bonchev–Trinajstić information content (AvgIpc) is 2.34. The van der Waals surface area contributed by atoms with Gasteiger partial charge in [-0.1, -0.05) is 48.6 Å². The summed E-state index contributed by atoms with van der Waals surface area (Å²) in [6, 6.07) is 0. The zero-order valence-electron chi connectivity index (χ0n) is 18.8. The van der Waals surface area contributed by atoms with Gasteiger partial charge in [0.2, 0.25) is 0 Å². The summed E-state index contributed by atoms with van der Waals surface area (Å²) in [5.41, 5.74) is 0. The van der Waals surface area contributed by atoms with Gasteiger partial charge in [-0.05, 0) is 51.4 Å². The van der Waals surface area contributed by atoms with Crippen LogP contribution in [0.3, 0.4) is 0 Å². The van der Waals surface area contributed by atoms with Gasteiger partial charge in [-0.2, -0.15) is 0 Å². The molecule has 0 aromatic heterocycles. The van der Waals surface area contributed by atoms with Crippen molar-refractivity contribution in [1.29, 1.82) is 0 Å². The van der Waals surface area contributed by atoms with Crippen molar-refractivity contribution in [2.75, 3.05) is 0 Å². The van der Waals surface area contributed by atoms with Crippen LogP contribution in [0.25, 0.3) is 0 Å². The first-order valence-electron chi connectivity index (χ1n) is 9.64. The Labute approximate surface area is 218 Å². The Bertz CT molecular complexity index is 616. The summed E-state index contributed by atoms with van der Waals surface area (Å²) in [6.45, 7) is 0. The first-order valence-corrected chi connectivity index (χ1v) is 15.7. The van der Waals surface area contributed by atoms with Gasteiger partial charge in [0, 0.05) is 0 Å². The SMILES string of the molecule is C1=C\CC/C=C\CC/1.C1=C\CC/C=C\CC/1.F[P-](F)(F)(F)(F)F.F[P-](F)(F)(F)(F)F.F[P-](F)(F)(F)(F)F.[Rh+3]. The molecule has 0 saturated heterocycles. The van der Waals surface area contributed by atoms with Gasteiger partial charge in [-0.25, -0.2) is 0 Å². The minimum atomic E-state index is -10.7. The molecule has 0 amide bonds. The molecule has 0 bridgehead atoms. The van der Waals surface area contributed by atoms with Crippen LogP contribution >= 0.6 is 23.4 Å². The molecular formula is C16H24F18P3Rh. The topological polar surface area (TPSA) is 0 Å². The van der Waals surface area contributed by atoms with E-state index in [-0.39, 0.29) is 19.5 Å². The Morgan fingerprint density at radius 2 is 0.289 bits per heavy atom. The Morgan fingerprint density at radius 3 is 0.342 bits per heavy atom. The summed E-state index contributed by atoms with van der Waals surface area (Å²) in [7, 11) is -32.0. The average molecular weight is 754 g/mol. The molecule has 0 heterocycles. The normalized spacial score (nSPS) is 24.6. The summed E-state index contributed by atoms with van der Waals surface area (Å²) in [4.78, 5) is 0. The maximum absolute atomic E-state index is 10.7. The van der Waals surface area contributed by atoms with Crippen LogP contribution in [0.5, 0.6) is 0 Å². The third-order valence-electron chi connectivity index (χ3n) is 2.67. The fourth-order valence-electron chi connectivity index (χ4n) is 1.71. The van der Waals surface area contributed by atoms with Crippen LogP contribution in [0.4, 0.5) is 75.5 Å². The molecule has 0 nitrogen and oxygen atoms in total. The van der Waals surface area contributed by atoms with Crippen molar-refractivity contribution >= 4 is 23.4 Å². The van der Waals surface area contributed by atoms with E-state index in [1.165, 1.54) is 51.4 Å². The molecule has 0 fully saturated rings. The molecule has 2 rings (SSSR count). The van der Waals surface area contributed by atoms with Crippen LogP contribution in [0, 0.1) is 0 Å². The second kappa shape index (κ2) is 12.6. The van der Waals surface area contributed by atoms with Crippen LogP contribution < -0.4 is 0 Å². The number of hydrogen-bond acceptors (Lipinski definition) is 0. The Kier molecular flexibility index (Phi) is 14.8. The van der Waals surface area contributed by atoms with E-state index >= 15 is 0 Å². The second-order valence-electron chi connectivity index (χ2n) is 7.07. The Hall–Kier alpha value is -0.387. The minimum Gasteiger partial charge on any atom is 3.00 e. The summed E-state index contributed by atoms with van der Waals surface area (Å²) in [5, 5.41) is 0. The van der Waals surface area contributed by atoms with Crippen molar-refractivity contribution in [3.63, 3.8) is 0 Å². The second-order valence-corrected chi connectivity index (χ2v) is 12.8. The van der Waals surface area contributed by atoms with Gasteiger partial charge in [-0.3, -0.25) is 0 Å². The van der Waals surface area contributed by atoms with E-state index in [0.717, 1.165) is 0 Å². The monoisotopic (exact) mass is 754 g/mol. The standard InChI is InChI=1S/2C8H12.3F6P.Rh/c2*1-2-4-6-8-7-5-3-1;3*1-7(2,3,4,5)6;/h2*1-2,7-8H,3-6H2;;;;/q;;3*-1;+3/b2*2-1-,8-7-;;;;. The fourth-order valence-corrected chi connectivity index (χ4v) is 1.71. The molecule has 0 unspecified atom stereocenters. The zero-order valence-corrected chi connectivity index (χ0v) is 23.1. The molecule has 0 aromatic rings. The molecule has 0 N–H and O–H groups in total. The van der Waals surface area contributed by atoms with Gasteiger partial charge >= 0.3 is 118 Å². The van der Waals surface area contributed by atoms with Crippen molar-refractivity contribution in [2.24, 2.45) is 0 Å². The molecule has 0 aromatic carbocycles. The molecular weight excluding hydrogens is 730 g/mol. The summed E-state index contributed by atoms with van der Waals surface area (Å²) >= 11 is 0. The number of allylic oxidation sites excluding steroid dienone is 8. The van der Waals surface area contributed by atoms with Gasteiger partial charge in [0.05, 0.1) is 0 Å².